The third-order valence-electron chi connectivity index (χ3n) is 12.9. The molecule has 1 aliphatic carbocycles. The van der Waals surface area contributed by atoms with Crippen molar-refractivity contribution in [2.75, 3.05) is 0 Å². The van der Waals surface area contributed by atoms with Crippen LogP contribution < -0.4 is 4.74 Å². The molecule has 6 heteroatoms. The molecule has 4 aromatic heterocycles. The predicted octanol–water partition coefficient (Wildman–Crippen LogP) is 13.7. The van der Waals surface area contributed by atoms with Crippen LogP contribution in [0, 0.1) is 26.0 Å². The van der Waals surface area contributed by atoms with Crippen molar-refractivity contribution in [2.24, 2.45) is 0 Å². The Bertz CT molecular complexity index is 3300. The minimum Gasteiger partial charge on any atom is -0.501 e. The van der Waals surface area contributed by atoms with Crippen LogP contribution in [0.2, 0.25) is 0 Å². The van der Waals surface area contributed by atoms with Crippen molar-refractivity contribution in [3.05, 3.63) is 174 Å². The van der Waals surface area contributed by atoms with Crippen molar-refractivity contribution in [2.45, 2.75) is 58.3 Å². The van der Waals surface area contributed by atoms with Crippen molar-refractivity contribution in [1.29, 1.82) is 0 Å². The number of nitrogens with zero attached hydrogens (tertiary/aromatic N) is 3. The molecule has 0 aliphatic heterocycles. The van der Waals surface area contributed by atoms with E-state index >= 15 is 0 Å². The largest absolute Gasteiger partial charge is 2.00 e. The zero-order valence-corrected chi connectivity index (χ0v) is 36.0. The van der Waals surface area contributed by atoms with E-state index in [0.29, 0.717) is 11.6 Å². The zero-order chi connectivity index (χ0) is 39.5. The van der Waals surface area contributed by atoms with E-state index in [9.17, 15) is 0 Å². The van der Waals surface area contributed by atoms with E-state index in [1.165, 1.54) is 27.8 Å². The van der Waals surface area contributed by atoms with Gasteiger partial charge in [-0.15, -0.1) is 6.07 Å². The summed E-state index contributed by atoms with van der Waals surface area (Å²) in [6.07, 6.45) is 2.08. The molecule has 0 spiro atoms. The molecule has 0 bridgehead atoms. The molecule has 0 saturated heterocycles. The summed E-state index contributed by atoms with van der Waals surface area (Å²) < 4.78 is 15.8. The molecule has 10 aromatic rings. The molecule has 0 amide bonds. The Balaban J connectivity index is 0.00000420. The second-order valence-corrected chi connectivity index (χ2v) is 17.1. The topological polar surface area (TPSA) is 53.1 Å². The van der Waals surface area contributed by atoms with Crippen LogP contribution in [0.4, 0.5) is 0 Å². The number of aromatic nitrogens is 3. The van der Waals surface area contributed by atoms with E-state index in [1.54, 1.807) is 0 Å². The van der Waals surface area contributed by atoms with Crippen LogP contribution in [0.3, 0.4) is 0 Å². The van der Waals surface area contributed by atoms with E-state index in [0.717, 1.165) is 71.6 Å². The zero-order valence-electron chi connectivity index (χ0n) is 33.8. The maximum absolute atomic E-state index is 6.80. The number of rotatable bonds is 5. The first-order valence-corrected chi connectivity index (χ1v) is 20.0. The molecule has 0 N–H and O–H groups in total. The molecule has 5 nitrogen and oxygen atoms in total. The maximum atomic E-state index is 6.80. The SMILES string of the molecule is Cc1c[c-]c(-n2c3ccccc3c3ccc(Oc4[c-]c(-c5cc6c(cn5)C(C)(C)C(c5ccccc5)C6(C)C)c5oc6ccc7ccccc7c6c5c4)nc32)cc1C.[Pt+2]. The summed E-state index contributed by atoms with van der Waals surface area (Å²) in [4.78, 5) is 10.4. The van der Waals surface area contributed by atoms with E-state index in [2.05, 4.69) is 174 Å². The molecule has 290 valence electrons. The summed E-state index contributed by atoms with van der Waals surface area (Å²) in [6.45, 7) is 13.7. The summed E-state index contributed by atoms with van der Waals surface area (Å²) in [7, 11) is 0. The van der Waals surface area contributed by atoms with Gasteiger partial charge in [-0.1, -0.05) is 155 Å². The van der Waals surface area contributed by atoms with Gasteiger partial charge >= 0.3 is 21.1 Å². The first-order valence-electron chi connectivity index (χ1n) is 20.0. The normalized spacial score (nSPS) is 15.6. The van der Waals surface area contributed by atoms with Gasteiger partial charge in [0.1, 0.15) is 11.2 Å². The fraction of sp³-hybridized carbons (Fsp3) is 0.170. The van der Waals surface area contributed by atoms with Crippen molar-refractivity contribution < 1.29 is 30.2 Å². The number of pyridine rings is 2. The third-order valence-corrected chi connectivity index (χ3v) is 12.9. The van der Waals surface area contributed by atoms with Crippen molar-refractivity contribution in [1.82, 2.24) is 14.5 Å². The number of hydrogen-bond donors (Lipinski definition) is 0. The fourth-order valence-electron chi connectivity index (χ4n) is 10.2. The average Bonchev–Trinajstić information content (AvgIpc) is 3.82. The Morgan fingerprint density at radius 2 is 1.46 bits per heavy atom. The number of ether oxygens (including phenoxy) is 1. The van der Waals surface area contributed by atoms with Crippen LogP contribution in [0.5, 0.6) is 11.6 Å². The molecule has 0 radical (unpaired) electrons. The van der Waals surface area contributed by atoms with Gasteiger partial charge in [-0.2, -0.15) is 28.2 Å². The minimum absolute atomic E-state index is 0. The summed E-state index contributed by atoms with van der Waals surface area (Å²) in [5.41, 5.74) is 11.9. The maximum Gasteiger partial charge on any atom is 2.00 e. The Kier molecular flexibility index (Phi) is 8.53. The minimum atomic E-state index is -0.166. The Labute approximate surface area is 358 Å². The number of furan rings is 1. The Hall–Kier alpha value is -6.03. The van der Waals surface area contributed by atoms with Gasteiger partial charge in [0, 0.05) is 40.1 Å². The predicted molar refractivity (Wildman–Crippen MR) is 235 cm³/mol. The molecule has 1 aliphatic rings. The van der Waals surface area contributed by atoms with Crippen LogP contribution in [-0.4, -0.2) is 14.5 Å². The Morgan fingerprint density at radius 1 is 0.712 bits per heavy atom. The average molecular weight is 947 g/mol. The fourth-order valence-corrected chi connectivity index (χ4v) is 10.2. The molecule has 0 fully saturated rings. The van der Waals surface area contributed by atoms with Crippen LogP contribution in [0.1, 0.15) is 61.4 Å². The molecule has 11 rings (SSSR count). The third kappa shape index (κ3) is 5.62. The first-order chi connectivity index (χ1) is 28.1. The number of para-hydroxylation sites is 1. The molecule has 1 unspecified atom stereocenters. The first kappa shape index (κ1) is 37.3. The van der Waals surface area contributed by atoms with Gasteiger partial charge in [0.15, 0.2) is 0 Å². The van der Waals surface area contributed by atoms with Gasteiger partial charge in [0.2, 0.25) is 5.88 Å². The van der Waals surface area contributed by atoms with Gasteiger partial charge in [0.05, 0.1) is 11.1 Å². The molecule has 0 saturated carbocycles. The van der Waals surface area contributed by atoms with E-state index in [4.69, 9.17) is 19.1 Å². The van der Waals surface area contributed by atoms with Gasteiger partial charge in [-0.25, -0.2) is 0 Å². The standard InChI is InChI=1S/C53H41N3O2.Pt/c1-31-20-22-35(26-32(31)2)56-45-19-13-12-18-38(45)39-23-25-47(55-51(39)56)57-36-27-40(49-41(28-36)48-37-17-11-10-14-33(37)21-24-46(48)58-49)44-29-42-43(30-54-44)53(5,6)50(52(42,3)4)34-15-8-7-9-16-34;/h7-21,23-26,28-30,50H,1-6H3;/q-2;+2. The van der Waals surface area contributed by atoms with Crippen molar-refractivity contribution >= 4 is 54.6 Å². The van der Waals surface area contributed by atoms with Gasteiger partial charge in [0.25, 0.3) is 0 Å². The van der Waals surface area contributed by atoms with Gasteiger partial charge < -0.3 is 18.7 Å². The summed E-state index contributed by atoms with van der Waals surface area (Å²) >= 11 is 0. The second kappa shape index (κ2) is 13.5. The molecule has 6 aromatic carbocycles. The van der Waals surface area contributed by atoms with Crippen molar-refractivity contribution in [3.8, 4) is 28.6 Å². The summed E-state index contributed by atoms with van der Waals surface area (Å²) in [5.74, 6) is 1.27. The molecule has 4 heterocycles. The molecule has 1 atom stereocenters. The Morgan fingerprint density at radius 3 is 2.27 bits per heavy atom. The molecular weight excluding hydrogens is 906 g/mol. The van der Waals surface area contributed by atoms with Crippen LogP contribution in [0.15, 0.2) is 138 Å². The van der Waals surface area contributed by atoms with Gasteiger partial charge in [-0.3, -0.25) is 0 Å². The smallest absolute Gasteiger partial charge is 0.501 e. The summed E-state index contributed by atoms with van der Waals surface area (Å²) in [5, 5.41) is 6.41. The summed E-state index contributed by atoms with van der Waals surface area (Å²) in [6, 6.07) is 51.7. The monoisotopic (exact) mass is 946 g/mol. The van der Waals surface area contributed by atoms with Crippen LogP contribution in [-0.2, 0) is 31.9 Å². The number of hydrogen-bond acceptors (Lipinski definition) is 4. The van der Waals surface area contributed by atoms with Gasteiger partial charge in [-0.05, 0) is 62.2 Å². The number of aryl methyl sites for hydroxylation is 2. The van der Waals surface area contributed by atoms with E-state index in [1.807, 2.05) is 18.2 Å². The van der Waals surface area contributed by atoms with Crippen LogP contribution >= 0.6 is 0 Å². The number of benzene rings is 6. The molecular formula is C53H41N3O2Pt. The quantitative estimate of drug-likeness (QED) is 0.161. The van der Waals surface area contributed by atoms with Crippen molar-refractivity contribution in [3.63, 3.8) is 0 Å². The molecule has 59 heavy (non-hydrogen) atoms. The van der Waals surface area contributed by atoms with E-state index in [-0.39, 0.29) is 37.8 Å². The number of fused-ring (bicyclic) bond motifs is 9. The second-order valence-electron chi connectivity index (χ2n) is 17.1. The van der Waals surface area contributed by atoms with E-state index < -0.39 is 0 Å². The van der Waals surface area contributed by atoms with Crippen LogP contribution in [0.25, 0.3) is 71.6 Å².